The maximum atomic E-state index is 14.6. The molecule has 2 saturated heterocycles. The summed E-state index contributed by atoms with van der Waals surface area (Å²) >= 11 is 0. The second-order valence-corrected chi connectivity index (χ2v) is 11.5. The second kappa shape index (κ2) is 8.15. The third-order valence-corrected chi connectivity index (χ3v) is 8.56. The van der Waals surface area contributed by atoms with E-state index in [9.17, 15) is 37.4 Å². The molecule has 0 aromatic carbocycles. The summed E-state index contributed by atoms with van der Waals surface area (Å²) in [6.07, 6.45) is -8.96. The third-order valence-electron chi connectivity index (χ3n) is 4.78. The average molecular weight is 570 g/mol. The van der Waals surface area contributed by atoms with Crippen LogP contribution in [0.3, 0.4) is 0 Å². The molecule has 9 N–H and O–H groups in total. The van der Waals surface area contributed by atoms with E-state index in [1.54, 1.807) is 0 Å². The number of halogens is 2. The van der Waals surface area contributed by atoms with Gasteiger partial charge in [-0.2, -0.15) is 27.4 Å². The summed E-state index contributed by atoms with van der Waals surface area (Å²) in [4.78, 5) is 47.3. The lowest BCUT2D eigenvalue weighted by Crippen LogP contribution is -2.55. The predicted molar refractivity (Wildman–Crippen MR) is 103 cm³/mol. The van der Waals surface area contributed by atoms with Crippen LogP contribution in [0.5, 0.6) is 0 Å². The minimum Gasteiger partial charge on any atom is -0.387 e. The number of hydrogen-bond donors (Lipinski definition) is 7. The number of alkyl halides is 2. The molecular formula is C11H15F2N6O13P3. The van der Waals surface area contributed by atoms with E-state index in [2.05, 4.69) is 32.8 Å². The molecule has 35 heavy (non-hydrogen) atoms. The Morgan fingerprint density at radius 2 is 1.74 bits per heavy atom. The smallest absolute Gasteiger partial charge is 0.387 e. The summed E-state index contributed by atoms with van der Waals surface area (Å²) in [5, 5.41) is 10.5. The zero-order valence-electron chi connectivity index (χ0n) is 16.6. The Labute approximate surface area is 191 Å². The van der Waals surface area contributed by atoms with Crippen LogP contribution in [-0.4, -0.2) is 74.7 Å². The van der Waals surface area contributed by atoms with Crippen LogP contribution >= 0.6 is 23.5 Å². The van der Waals surface area contributed by atoms with Crippen molar-refractivity contribution < 1.29 is 69.8 Å². The number of ether oxygens (including phenoxy) is 2. The van der Waals surface area contributed by atoms with E-state index in [1.807, 2.05) is 0 Å². The first-order valence-electron chi connectivity index (χ1n) is 8.82. The number of rotatable bonds is 8. The predicted octanol–water partition coefficient (Wildman–Crippen LogP) is -1.05. The lowest BCUT2D eigenvalue weighted by atomic mass is 9.98. The monoisotopic (exact) mass is 570 g/mol. The Morgan fingerprint density at radius 3 is 2.37 bits per heavy atom. The Kier molecular flexibility index (Phi) is 6.14. The van der Waals surface area contributed by atoms with Gasteiger partial charge in [-0.05, 0) is 0 Å². The first kappa shape index (κ1) is 26.4. The molecule has 19 nitrogen and oxygen atoms in total. The SMILES string of the molecule is Nc1nc(N)c2ncn([C@@H]3O[C@]4(COP(=O)(O)OP(=O)(O)OP(=O)(O)O)[C@@H](O)[C@H]3OC4(F)F)c2n1. The molecule has 0 radical (unpaired) electrons. The number of fused-ring (bicyclic) bond motifs is 3. The van der Waals surface area contributed by atoms with Crippen LogP contribution in [0, 0.1) is 0 Å². The standard InChI is InChI=1S/C11H15F2N6O13P3/c12-11(13)10(1-28-34(24,25)32-35(26,27)31-33(21,22)23)5(20)4(29-11)8(30-10)19-2-16-3-6(14)17-9(15)18-7(3)19/h2,4-5,8,20H,1H2,(H,24,25)(H,26,27)(H2,21,22,23)(H4,14,15,17,18)/t4-,5+,8-,10-/m1/s1. The fourth-order valence-electron chi connectivity index (χ4n) is 3.45. The molecule has 4 heterocycles. The highest BCUT2D eigenvalue weighted by molar-refractivity contribution is 7.66. The topological polar surface area (TPSA) is 294 Å². The maximum Gasteiger partial charge on any atom is 0.490 e. The average Bonchev–Trinajstić information content (AvgIpc) is 3.23. The van der Waals surface area contributed by atoms with Crippen LogP contribution in [0.25, 0.3) is 11.2 Å². The summed E-state index contributed by atoms with van der Waals surface area (Å²) in [6, 6.07) is 0. The number of aromatic nitrogens is 4. The van der Waals surface area contributed by atoms with Crippen molar-refractivity contribution in [2.75, 3.05) is 18.1 Å². The third kappa shape index (κ3) is 4.72. The number of imidazole rings is 1. The molecule has 6 atom stereocenters. The molecule has 2 aromatic heterocycles. The summed E-state index contributed by atoms with van der Waals surface area (Å²) in [5.41, 5.74) is 7.92. The first-order chi connectivity index (χ1) is 15.9. The fraction of sp³-hybridized carbons (Fsp3) is 0.545. The van der Waals surface area contributed by atoms with Gasteiger partial charge in [-0.25, -0.2) is 18.7 Å². The van der Waals surface area contributed by atoms with E-state index < -0.39 is 60.2 Å². The molecule has 196 valence electrons. The van der Waals surface area contributed by atoms with Gasteiger partial charge in [-0.15, -0.1) is 0 Å². The number of anilines is 2. The van der Waals surface area contributed by atoms with Crippen molar-refractivity contribution in [2.24, 2.45) is 0 Å². The van der Waals surface area contributed by atoms with Gasteiger partial charge >= 0.3 is 29.6 Å². The Balaban J connectivity index is 1.60. The highest BCUT2D eigenvalue weighted by atomic mass is 31.3. The number of hydrogen-bond acceptors (Lipinski definition) is 14. The molecule has 2 bridgehead atoms. The van der Waals surface area contributed by atoms with Crippen LogP contribution in [0.4, 0.5) is 20.5 Å². The molecule has 0 saturated carbocycles. The molecule has 4 rings (SSSR count). The van der Waals surface area contributed by atoms with E-state index in [1.165, 1.54) is 0 Å². The van der Waals surface area contributed by atoms with Crippen LogP contribution < -0.4 is 11.5 Å². The summed E-state index contributed by atoms with van der Waals surface area (Å²) in [5.74, 6) is -0.474. The lowest BCUT2D eigenvalue weighted by molar-refractivity contribution is -0.370. The van der Waals surface area contributed by atoms with Crippen LogP contribution in [-0.2, 0) is 36.3 Å². The minimum absolute atomic E-state index is 0.00543. The van der Waals surface area contributed by atoms with E-state index >= 15 is 0 Å². The summed E-state index contributed by atoms with van der Waals surface area (Å²) in [6.45, 7) is -1.69. The molecule has 2 aromatic rings. The van der Waals surface area contributed by atoms with Gasteiger partial charge in [0.25, 0.3) is 0 Å². The quantitative estimate of drug-likeness (QED) is 0.186. The Morgan fingerprint density at radius 1 is 1.09 bits per heavy atom. The van der Waals surface area contributed by atoms with Crippen LogP contribution in [0.1, 0.15) is 6.23 Å². The van der Waals surface area contributed by atoms with Crippen LogP contribution in [0.15, 0.2) is 6.33 Å². The van der Waals surface area contributed by atoms with E-state index in [0.29, 0.717) is 0 Å². The highest BCUT2D eigenvalue weighted by Gasteiger charge is 2.77. The second-order valence-electron chi connectivity index (χ2n) is 7.10. The molecule has 24 heteroatoms. The van der Waals surface area contributed by atoms with E-state index in [4.69, 9.17) is 26.0 Å². The Hall–Kier alpha value is -1.70. The van der Waals surface area contributed by atoms with Crippen LogP contribution in [0.2, 0.25) is 0 Å². The van der Waals surface area contributed by atoms with Gasteiger partial charge in [0.05, 0.1) is 12.9 Å². The fourth-order valence-corrected chi connectivity index (χ4v) is 6.50. The highest BCUT2D eigenvalue weighted by Crippen LogP contribution is 2.67. The molecule has 2 aliphatic heterocycles. The van der Waals surface area contributed by atoms with E-state index in [-0.39, 0.29) is 22.9 Å². The maximum absolute atomic E-state index is 14.6. The lowest BCUT2D eigenvalue weighted by Gasteiger charge is -2.36. The molecule has 2 fully saturated rings. The molecular weight excluding hydrogens is 555 g/mol. The summed E-state index contributed by atoms with van der Waals surface area (Å²) < 4.78 is 85.5. The number of aliphatic hydroxyl groups is 1. The Bertz CT molecular complexity index is 1320. The molecule has 2 unspecified atom stereocenters. The zero-order valence-corrected chi connectivity index (χ0v) is 19.2. The van der Waals surface area contributed by atoms with E-state index in [0.717, 1.165) is 10.9 Å². The molecule has 0 spiro atoms. The number of nitrogen functional groups attached to an aromatic ring is 2. The van der Waals surface area contributed by atoms with Gasteiger partial charge < -0.3 is 45.6 Å². The van der Waals surface area contributed by atoms with Crippen molar-refractivity contribution in [3.05, 3.63) is 6.33 Å². The summed E-state index contributed by atoms with van der Waals surface area (Å²) in [7, 11) is -17.5. The molecule has 0 aliphatic carbocycles. The van der Waals surface area contributed by atoms with Crippen molar-refractivity contribution in [3.8, 4) is 0 Å². The number of aliphatic hydroxyl groups excluding tert-OH is 1. The number of nitrogens with two attached hydrogens (primary N) is 2. The van der Waals surface area contributed by atoms with Gasteiger partial charge in [-0.1, -0.05) is 0 Å². The van der Waals surface area contributed by atoms with Crippen molar-refractivity contribution in [3.63, 3.8) is 0 Å². The number of nitrogens with zero attached hydrogens (tertiary/aromatic N) is 4. The van der Waals surface area contributed by atoms with Gasteiger partial charge in [-0.3, -0.25) is 9.09 Å². The minimum atomic E-state index is -5.93. The van der Waals surface area contributed by atoms with Crippen molar-refractivity contribution >= 4 is 46.4 Å². The zero-order chi connectivity index (χ0) is 26.2. The van der Waals surface area contributed by atoms with Gasteiger partial charge in [0.2, 0.25) is 11.5 Å². The van der Waals surface area contributed by atoms with Gasteiger partial charge in [0.1, 0.15) is 17.7 Å². The number of phosphoric acid groups is 3. The largest absolute Gasteiger partial charge is 0.490 e. The van der Waals surface area contributed by atoms with Crippen molar-refractivity contribution in [1.82, 2.24) is 19.5 Å². The van der Waals surface area contributed by atoms with Crippen molar-refractivity contribution in [2.45, 2.75) is 30.1 Å². The van der Waals surface area contributed by atoms with Crippen molar-refractivity contribution in [1.29, 1.82) is 0 Å². The number of phosphoric ester groups is 1. The normalized spacial score (nSPS) is 31.5. The molecule has 2 aliphatic rings. The first-order valence-corrected chi connectivity index (χ1v) is 13.3. The molecule has 0 amide bonds. The van der Waals surface area contributed by atoms with Gasteiger partial charge in [0, 0.05) is 0 Å². The van der Waals surface area contributed by atoms with Gasteiger partial charge in [0.15, 0.2) is 17.7 Å².